The van der Waals surface area contributed by atoms with E-state index in [-0.39, 0.29) is 11.5 Å². The average Bonchev–Trinajstić information content (AvgIpc) is 3.25. The molecule has 0 saturated heterocycles. The summed E-state index contributed by atoms with van der Waals surface area (Å²) < 4.78 is 10.0. The zero-order chi connectivity index (χ0) is 18.7. The van der Waals surface area contributed by atoms with Gasteiger partial charge in [-0.15, -0.1) is 11.3 Å². The molecule has 0 aliphatic heterocycles. The highest BCUT2D eigenvalue weighted by atomic mass is 35.5. The lowest BCUT2D eigenvalue weighted by molar-refractivity contribution is -0.123. The molecular weight excluding hydrogens is 378 g/mol. The van der Waals surface area contributed by atoms with Crippen LogP contribution in [0.5, 0.6) is 0 Å². The number of aromatic nitrogens is 2. The summed E-state index contributed by atoms with van der Waals surface area (Å²) in [5, 5.41) is 9.01. The zero-order valence-corrected chi connectivity index (χ0v) is 15.4. The van der Waals surface area contributed by atoms with Gasteiger partial charge in [0.25, 0.3) is 5.91 Å². The number of anilines is 1. The van der Waals surface area contributed by atoms with Crippen molar-refractivity contribution in [1.29, 1.82) is 0 Å². The molecule has 0 spiro atoms. The van der Waals surface area contributed by atoms with Gasteiger partial charge in [0.1, 0.15) is 10.8 Å². The highest BCUT2D eigenvalue weighted by Crippen LogP contribution is 2.25. The number of nitrogens with zero attached hydrogens (tertiary/aromatic N) is 2. The molecule has 7 nitrogen and oxygen atoms in total. The van der Waals surface area contributed by atoms with Gasteiger partial charge in [-0.2, -0.15) is 0 Å². The summed E-state index contributed by atoms with van der Waals surface area (Å²) >= 11 is 7.16. The molecular formula is C17H14ClN3O4S. The summed E-state index contributed by atoms with van der Waals surface area (Å²) in [6.45, 7) is 3.17. The summed E-state index contributed by atoms with van der Waals surface area (Å²) in [6, 6.07) is 8.67. The molecule has 3 aromatic rings. The standard InChI is InChI=1S/C17H14ClN3O4S/c1-9-7-14(21-25-9)20-15(22)10(2)24-17(23)13-8-26-16(19-13)11-3-5-12(18)6-4-11/h3-8,10H,1-2H3,(H,20,21,22). The van der Waals surface area contributed by atoms with Crippen molar-refractivity contribution >= 4 is 40.6 Å². The van der Waals surface area contributed by atoms with E-state index in [1.807, 2.05) is 12.1 Å². The van der Waals surface area contributed by atoms with E-state index in [1.165, 1.54) is 18.3 Å². The number of hydrogen-bond donors (Lipinski definition) is 1. The molecule has 0 bridgehead atoms. The quantitative estimate of drug-likeness (QED) is 0.662. The van der Waals surface area contributed by atoms with Crippen LogP contribution in [0.25, 0.3) is 10.6 Å². The Morgan fingerprint density at radius 2 is 2.04 bits per heavy atom. The Hall–Kier alpha value is -2.71. The monoisotopic (exact) mass is 391 g/mol. The van der Waals surface area contributed by atoms with Crippen molar-refractivity contribution in [2.24, 2.45) is 0 Å². The second-order valence-electron chi connectivity index (χ2n) is 5.40. The fraction of sp³-hybridized carbons (Fsp3) is 0.176. The molecule has 2 heterocycles. The molecule has 134 valence electrons. The van der Waals surface area contributed by atoms with Crippen molar-refractivity contribution < 1.29 is 18.8 Å². The van der Waals surface area contributed by atoms with Crippen molar-refractivity contribution in [2.75, 3.05) is 5.32 Å². The third-order valence-corrected chi connectivity index (χ3v) is 4.48. The Kier molecular flexibility index (Phi) is 5.34. The third-order valence-electron chi connectivity index (χ3n) is 3.34. The number of carbonyl (C=O) groups is 2. The van der Waals surface area contributed by atoms with Crippen molar-refractivity contribution in [1.82, 2.24) is 10.1 Å². The van der Waals surface area contributed by atoms with Gasteiger partial charge in [0.2, 0.25) is 0 Å². The molecule has 3 rings (SSSR count). The van der Waals surface area contributed by atoms with Crippen LogP contribution in [-0.2, 0) is 9.53 Å². The smallest absolute Gasteiger partial charge is 0.358 e. The van der Waals surface area contributed by atoms with Gasteiger partial charge in [-0.25, -0.2) is 9.78 Å². The molecule has 1 atom stereocenters. The molecule has 1 aromatic carbocycles. The number of thiazole rings is 1. The minimum absolute atomic E-state index is 0.136. The predicted octanol–water partition coefficient (Wildman–Crippen LogP) is 3.94. The fourth-order valence-corrected chi connectivity index (χ4v) is 2.94. The Balaban J connectivity index is 1.62. The molecule has 26 heavy (non-hydrogen) atoms. The van der Waals surface area contributed by atoms with Gasteiger partial charge in [0.05, 0.1) is 0 Å². The summed E-state index contributed by atoms with van der Waals surface area (Å²) in [5.41, 5.74) is 0.975. The van der Waals surface area contributed by atoms with Crippen molar-refractivity contribution in [2.45, 2.75) is 20.0 Å². The van der Waals surface area contributed by atoms with Crippen LogP contribution in [-0.4, -0.2) is 28.1 Å². The average molecular weight is 392 g/mol. The highest BCUT2D eigenvalue weighted by molar-refractivity contribution is 7.13. The van der Waals surface area contributed by atoms with Crippen LogP contribution in [0.4, 0.5) is 5.82 Å². The lowest BCUT2D eigenvalue weighted by Crippen LogP contribution is -2.30. The van der Waals surface area contributed by atoms with E-state index in [1.54, 1.807) is 30.5 Å². The first-order chi connectivity index (χ1) is 12.4. The molecule has 2 aromatic heterocycles. The number of nitrogens with one attached hydrogen (secondary N) is 1. The van der Waals surface area contributed by atoms with E-state index in [4.69, 9.17) is 20.9 Å². The van der Waals surface area contributed by atoms with Gasteiger partial charge in [0.15, 0.2) is 17.6 Å². The van der Waals surface area contributed by atoms with Gasteiger partial charge < -0.3 is 14.6 Å². The minimum Gasteiger partial charge on any atom is -0.448 e. The number of aryl methyl sites for hydroxylation is 1. The molecule has 0 saturated carbocycles. The van der Waals surface area contributed by atoms with Gasteiger partial charge in [-0.05, 0) is 26.0 Å². The van der Waals surface area contributed by atoms with Gasteiger partial charge in [-0.1, -0.05) is 28.9 Å². The number of carbonyl (C=O) groups excluding carboxylic acids is 2. The summed E-state index contributed by atoms with van der Waals surface area (Å²) in [5.74, 6) is -0.378. The Morgan fingerprint density at radius 1 is 1.31 bits per heavy atom. The van der Waals surface area contributed by atoms with Crippen LogP contribution in [0.15, 0.2) is 40.2 Å². The van der Waals surface area contributed by atoms with Crippen LogP contribution in [0.1, 0.15) is 23.2 Å². The van der Waals surface area contributed by atoms with Crippen LogP contribution < -0.4 is 5.32 Å². The van der Waals surface area contributed by atoms with E-state index >= 15 is 0 Å². The normalized spacial score (nSPS) is 11.8. The zero-order valence-electron chi connectivity index (χ0n) is 13.9. The number of esters is 1. The number of halogens is 1. The van der Waals surface area contributed by atoms with Gasteiger partial charge >= 0.3 is 5.97 Å². The third kappa shape index (κ3) is 4.27. The predicted molar refractivity (Wildman–Crippen MR) is 97.3 cm³/mol. The van der Waals surface area contributed by atoms with E-state index in [9.17, 15) is 9.59 Å². The van der Waals surface area contributed by atoms with Crippen molar-refractivity contribution in [3.8, 4) is 10.6 Å². The van der Waals surface area contributed by atoms with E-state index in [2.05, 4.69) is 15.5 Å². The molecule has 1 unspecified atom stereocenters. The first-order valence-electron chi connectivity index (χ1n) is 7.59. The van der Waals surface area contributed by atoms with Crippen molar-refractivity contribution in [3.63, 3.8) is 0 Å². The van der Waals surface area contributed by atoms with Crippen molar-refractivity contribution in [3.05, 3.63) is 52.2 Å². The maximum absolute atomic E-state index is 12.2. The lowest BCUT2D eigenvalue weighted by Gasteiger charge is -2.11. The first kappa shape index (κ1) is 18.1. The molecule has 0 aliphatic rings. The highest BCUT2D eigenvalue weighted by Gasteiger charge is 2.22. The first-order valence-corrected chi connectivity index (χ1v) is 8.85. The molecule has 0 aliphatic carbocycles. The molecule has 9 heteroatoms. The van der Waals surface area contributed by atoms with Crippen LogP contribution in [0.2, 0.25) is 5.02 Å². The van der Waals surface area contributed by atoms with Crippen LogP contribution >= 0.6 is 22.9 Å². The topological polar surface area (TPSA) is 94.3 Å². The maximum atomic E-state index is 12.2. The van der Waals surface area contributed by atoms with E-state index < -0.39 is 18.0 Å². The second kappa shape index (κ2) is 7.67. The molecule has 0 radical (unpaired) electrons. The number of ether oxygens (including phenoxy) is 1. The number of amides is 1. The number of benzene rings is 1. The number of rotatable bonds is 5. The minimum atomic E-state index is -1.01. The lowest BCUT2D eigenvalue weighted by atomic mass is 10.2. The van der Waals surface area contributed by atoms with Gasteiger partial charge in [-0.3, -0.25) is 4.79 Å². The second-order valence-corrected chi connectivity index (χ2v) is 6.70. The number of hydrogen-bond acceptors (Lipinski definition) is 7. The summed E-state index contributed by atoms with van der Waals surface area (Å²) in [4.78, 5) is 28.5. The van der Waals surface area contributed by atoms with Gasteiger partial charge in [0, 0.05) is 22.0 Å². The molecule has 0 fully saturated rings. The maximum Gasteiger partial charge on any atom is 0.358 e. The Labute approximate surface area is 157 Å². The van der Waals surface area contributed by atoms with E-state index in [0.717, 1.165) is 5.56 Å². The Bertz CT molecular complexity index is 936. The van der Waals surface area contributed by atoms with Crippen LogP contribution in [0, 0.1) is 6.92 Å². The summed E-state index contributed by atoms with van der Waals surface area (Å²) in [7, 11) is 0. The fourth-order valence-electron chi connectivity index (χ4n) is 2.02. The largest absolute Gasteiger partial charge is 0.448 e. The van der Waals surface area contributed by atoms with Crippen LogP contribution in [0.3, 0.4) is 0 Å². The summed E-state index contributed by atoms with van der Waals surface area (Å²) in [6.07, 6.45) is -1.01. The molecule has 1 N–H and O–H groups in total. The Morgan fingerprint density at radius 3 is 2.69 bits per heavy atom. The van der Waals surface area contributed by atoms with E-state index in [0.29, 0.717) is 15.8 Å². The SMILES string of the molecule is Cc1cc(NC(=O)C(C)OC(=O)c2csc(-c3ccc(Cl)cc3)n2)no1. The molecule has 1 amide bonds.